The molecule has 0 aliphatic heterocycles. The van der Waals surface area contributed by atoms with E-state index >= 15 is 0 Å². The van der Waals surface area contributed by atoms with E-state index in [0.717, 1.165) is 0 Å². The maximum Gasteiger partial charge on any atom is 0.248 e. The first-order chi connectivity index (χ1) is 19.9. The van der Waals surface area contributed by atoms with E-state index in [9.17, 15) is 14.4 Å². The van der Waals surface area contributed by atoms with Crippen molar-refractivity contribution in [2.45, 2.75) is 52.1 Å². The maximum absolute atomic E-state index is 14.1. The lowest BCUT2D eigenvalue weighted by Gasteiger charge is -2.35. The molecule has 0 bridgehead atoms. The minimum Gasteiger partial charge on any atom is -0.497 e. The smallest absolute Gasteiger partial charge is 0.248 e. The van der Waals surface area contributed by atoms with Crippen LogP contribution in [0, 0.1) is 6.92 Å². The minimum atomic E-state index is -1.25. The second-order valence-corrected chi connectivity index (χ2v) is 10.4. The molecule has 0 radical (unpaired) electrons. The molecule has 0 saturated carbocycles. The van der Waals surface area contributed by atoms with Crippen molar-refractivity contribution in [2.75, 3.05) is 38.7 Å². The van der Waals surface area contributed by atoms with Gasteiger partial charge in [0, 0.05) is 36.1 Å². The van der Waals surface area contributed by atoms with Crippen molar-refractivity contribution in [1.82, 2.24) is 10.5 Å². The van der Waals surface area contributed by atoms with Crippen molar-refractivity contribution >= 4 is 29.2 Å². The number of nitrogens with one attached hydrogen (secondary N) is 2. The van der Waals surface area contributed by atoms with Crippen molar-refractivity contribution in [2.24, 2.45) is 0 Å². The molecule has 226 valence electrons. The molecular formula is C30H38N4O8. The second kappa shape index (κ2) is 13.7. The monoisotopic (exact) mass is 582 g/mol. The lowest BCUT2D eigenvalue weighted by atomic mass is 9.98. The molecule has 2 N–H and O–H groups in total. The van der Waals surface area contributed by atoms with Crippen LogP contribution in [0.4, 0.5) is 11.5 Å². The van der Waals surface area contributed by atoms with Crippen LogP contribution < -0.4 is 34.5 Å². The van der Waals surface area contributed by atoms with Crippen LogP contribution in [0.5, 0.6) is 23.0 Å². The van der Waals surface area contributed by atoms with E-state index in [1.807, 2.05) is 20.8 Å². The molecular weight excluding hydrogens is 544 g/mol. The molecule has 0 unspecified atom stereocenters. The summed E-state index contributed by atoms with van der Waals surface area (Å²) in [6, 6.07) is 10.3. The zero-order valence-electron chi connectivity index (χ0n) is 25.2. The number of nitrogens with zero attached hydrogens (tertiary/aromatic N) is 2. The lowest BCUT2D eigenvalue weighted by Crippen LogP contribution is -2.49. The third kappa shape index (κ3) is 7.71. The summed E-state index contributed by atoms with van der Waals surface area (Å²) in [6.45, 7) is 7.20. The van der Waals surface area contributed by atoms with Gasteiger partial charge >= 0.3 is 0 Å². The number of carbonyl (C=O) groups excluding carboxylic acids is 3. The van der Waals surface area contributed by atoms with Crippen LogP contribution in [-0.2, 0) is 14.4 Å². The molecule has 3 amide bonds. The summed E-state index contributed by atoms with van der Waals surface area (Å²) in [5, 5.41) is 9.35. The number of para-hydroxylation sites is 1. The van der Waals surface area contributed by atoms with E-state index in [2.05, 4.69) is 15.8 Å². The van der Waals surface area contributed by atoms with Gasteiger partial charge in [0.05, 0.1) is 34.1 Å². The zero-order valence-corrected chi connectivity index (χ0v) is 25.2. The van der Waals surface area contributed by atoms with E-state index in [-0.39, 0.29) is 35.8 Å². The quantitative estimate of drug-likeness (QED) is 0.317. The predicted octanol–water partition coefficient (Wildman–Crippen LogP) is 4.43. The Bertz CT molecular complexity index is 1410. The van der Waals surface area contributed by atoms with Gasteiger partial charge in [0.1, 0.15) is 23.3 Å². The number of benzene rings is 2. The highest BCUT2D eigenvalue weighted by Crippen LogP contribution is 2.42. The third-order valence-electron chi connectivity index (χ3n) is 6.11. The highest BCUT2D eigenvalue weighted by molar-refractivity contribution is 6.04. The zero-order chi connectivity index (χ0) is 31.0. The molecule has 0 aliphatic rings. The third-order valence-corrected chi connectivity index (χ3v) is 6.11. The molecule has 1 atom stereocenters. The Morgan fingerprint density at radius 2 is 1.64 bits per heavy atom. The van der Waals surface area contributed by atoms with Crippen LogP contribution in [0.25, 0.3) is 0 Å². The number of ether oxygens (including phenoxy) is 4. The molecule has 1 heterocycles. The van der Waals surface area contributed by atoms with Crippen LogP contribution in [0.3, 0.4) is 0 Å². The average molecular weight is 583 g/mol. The van der Waals surface area contributed by atoms with Crippen molar-refractivity contribution in [3.05, 3.63) is 53.8 Å². The van der Waals surface area contributed by atoms with E-state index in [4.69, 9.17) is 23.5 Å². The predicted molar refractivity (Wildman–Crippen MR) is 156 cm³/mol. The fraction of sp³-hybridized carbons (Fsp3) is 0.400. The number of carbonyl (C=O) groups is 3. The van der Waals surface area contributed by atoms with Crippen molar-refractivity contribution < 1.29 is 37.9 Å². The van der Waals surface area contributed by atoms with Gasteiger partial charge in [-0.05, 0) is 45.9 Å². The number of hydrogen-bond donors (Lipinski definition) is 2. The summed E-state index contributed by atoms with van der Waals surface area (Å²) in [7, 11) is 5.89. The molecule has 2 aromatic carbocycles. The molecule has 0 fully saturated rings. The summed E-state index contributed by atoms with van der Waals surface area (Å²) in [6.07, 6.45) is -0.438. The summed E-state index contributed by atoms with van der Waals surface area (Å²) in [4.78, 5) is 42.3. The molecule has 42 heavy (non-hydrogen) atoms. The molecule has 0 aliphatic carbocycles. The van der Waals surface area contributed by atoms with E-state index < -0.39 is 29.3 Å². The molecule has 3 aromatic rings. The summed E-state index contributed by atoms with van der Waals surface area (Å²) < 4.78 is 27.1. The molecule has 0 spiro atoms. The molecule has 12 nitrogen and oxygen atoms in total. The number of aryl methyl sites for hydroxylation is 1. The SMILES string of the molecule is COc1ccc(N(C(=O)CCC(=O)Nc2cc(C)on2)[C@H](C(=O)NC(C)(C)C)c2cccc(OC)c2OC)c(OC)c1. The van der Waals surface area contributed by atoms with Crippen molar-refractivity contribution in [3.8, 4) is 23.0 Å². The van der Waals surface area contributed by atoms with E-state index in [0.29, 0.717) is 22.8 Å². The van der Waals surface area contributed by atoms with Gasteiger partial charge in [-0.15, -0.1) is 0 Å². The number of anilines is 2. The summed E-state index contributed by atoms with van der Waals surface area (Å²) >= 11 is 0. The van der Waals surface area contributed by atoms with Crippen LogP contribution in [0.2, 0.25) is 0 Å². The Morgan fingerprint density at radius 3 is 2.21 bits per heavy atom. The van der Waals surface area contributed by atoms with Gasteiger partial charge in [0.25, 0.3) is 0 Å². The topological polar surface area (TPSA) is 141 Å². The van der Waals surface area contributed by atoms with Gasteiger partial charge < -0.3 is 34.1 Å². The largest absolute Gasteiger partial charge is 0.497 e. The number of amides is 3. The Hall–Kier alpha value is -4.74. The Balaban J connectivity index is 2.15. The fourth-order valence-corrected chi connectivity index (χ4v) is 4.34. The molecule has 0 saturated heterocycles. The van der Waals surface area contributed by atoms with Gasteiger partial charge in [-0.3, -0.25) is 19.3 Å². The van der Waals surface area contributed by atoms with Crippen molar-refractivity contribution in [1.29, 1.82) is 0 Å². The van der Waals surface area contributed by atoms with Crippen LogP contribution >= 0.6 is 0 Å². The highest BCUT2D eigenvalue weighted by atomic mass is 16.5. The first kappa shape index (κ1) is 31.8. The summed E-state index contributed by atoms with van der Waals surface area (Å²) in [5.74, 6) is 0.722. The Labute approximate surface area is 245 Å². The van der Waals surface area contributed by atoms with Gasteiger partial charge in [-0.1, -0.05) is 17.3 Å². The number of methoxy groups -OCH3 is 4. The van der Waals surface area contributed by atoms with E-state index in [1.165, 1.54) is 33.3 Å². The maximum atomic E-state index is 14.1. The van der Waals surface area contributed by atoms with Gasteiger partial charge in [0.15, 0.2) is 17.3 Å². The van der Waals surface area contributed by atoms with Crippen LogP contribution in [0.1, 0.15) is 51.0 Å². The Kier molecular flexibility index (Phi) is 10.4. The van der Waals surface area contributed by atoms with Gasteiger partial charge in [0.2, 0.25) is 17.7 Å². The van der Waals surface area contributed by atoms with Crippen LogP contribution in [0.15, 0.2) is 47.0 Å². The van der Waals surface area contributed by atoms with Crippen LogP contribution in [-0.4, -0.2) is 56.9 Å². The highest BCUT2D eigenvalue weighted by Gasteiger charge is 2.38. The minimum absolute atomic E-state index is 0.192. The summed E-state index contributed by atoms with van der Waals surface area (Å²) in [5.41, 5.74) is 0.0116. The van der Waals surface area contributed by atoms with Crippen molar-refractivity contribution in [3.63, 3.8) is 0 Å². The molecule has 3 rings (SSSR count). The molecule has 12 heteroatoms. The first-order valence-corrected chi connectivity index (χ1v) is 13.2. The van der Waals surface area contributed by atoms with Gasteiger partial charge in [-0.25, -0.2) is 0 Å². The normalized spacial score (nSPS) is 11.7. The average Bonchev–Trinajstić information content (AvgIpc) is 3.36. The standard InChI is InChI=1S/C30H38N4O8/c1-18-16-24(33-42-18)31-25(35)14-15-26(36)34(21-13-12-19(38-5)17-23(21)40-7)27(29(37)32-30(2,3)4)20-10-9-11-22(39-6)28(20)41-8/h9-13,16-17,27H,14-15H2,1-8H3,(H,32,37)(H,31,33,35)/t27-/m0/s1. The molecule has 1 aromatic heterocycles. The number of hydrogen-bond acceptors (Lipinski definition) is 9. The fourth-order valence-electron chi connectivity index (χ4n) is 4.34. The number of rotatable bonds is 12. The lowest BCUT2D eigenvalue weighted by molar-refractivity contribution is -0.128. The Morgan fingerprint density at radius 1 is 0.929 bits per heavy atom. The van der Waals surface area contributed by atoms with E-state index in [1.54, 1.807) is 49.4 Å². The second-order valence-electron chi connectivity index (χ2n) is 10.4. The van der Waals surface area contributed by atoms with Gasteiger partial charge in [-0.2, -0.15) is 0 Å². The first-order valence-electron chi connectivity index (χ1n) is 13.2. The number of aromatic nitrogens is 1.